The Bertz CT molecular complexity index is 429. The van der Waals surface area contributed by atoms with Crippen molar-refractivity contribution in [3.8, 4) is 0 Å². The van der Waals surface area contributed by atoms with Crippen molar-refractivity contribution >= 4 is 11.6 Å². The van der Waals surface area contributed by atoms with Crippen LogP contribution in [0.3, 0.4) is 0 Å². The summed E-state index contributed by atoms with van der Waals surface area (Å²) in [5, 5.41) is 6.24. The van der Waals surface area contributed by atoms with Crippen molar-refractivity contribution in [1.29, 1.82) is 0 Å². The summed E-state index contributed by atoms with van der Waals surface area (Å²) < 4.78 is 0. The lowest BCUT2D eigenvalue weighted by atomic mass is 10.1. The third-order valence-electron chi connectivity index (χ3n) is 3.14. The third kappa shape index (κ3) is 3.55. The standard InChI is InChI=1S/C14H21N3O/c1-10(15)3-2-6-16-9-11-4-5-13-12(7-11)8-14(18)17-13/h4-5,7,10,16H,2-3,6,8-9,15H2,1H3,(H,17,18). The number of nitrogens with one attached hydrogen (secondary N) is 2. The monoisotopic (exact) mass is 247 g/mol. The summed E-state index contributed by atoms with van der Waals surface area (Å²) in [6.07, 6.45) is 2.66. The van der Waals surface area contributed by atoms with Crippen LogP contribution in [0.5, 0.6) is 0 Å². The SMILES string of the molecule is CC(N)CCCNCc1ccc2c(c1)CC(=O)N2. The number of carbonyl (C=O) groups is 1. The number of fused-ring (bicyclic) bond motifs is 1. The molecule has 1 atom stereocenters. The van der Waals surface area contributed by atoms with E-state index in [0.29, 0.717) is 6.42 Å². The quantitative estimate of drug-likeness (QED) is 0.666. The first kappa shape index (κ1) is 13.1. The van der Waals surface area contributed by atoms with Gasteiger partial charge in [0.15, 0.2) is 0 Å². The first-order chi connectivity index (χ1) is 8.65. The molecule has 1 heterocycles. The molecule has 0 aromatic heterocycles. The second-order valence-electron chi connectivity index (χ2n) is 5.01. The molecule has 4 nitrogen and oxygen atoms in total. The summed E-state index contributed by atoms with van der Waals surface area (Å²) in [4.78, 5) is 11.2. The lowest BCUT2D eigenvalue weighted by Gasteiger charge is -2.08. The van der Waals surface area contributed by atoms with Crippen molar-refractivity contribution in [2.75, 3.05) is 11.9 Å². The zero-order valence-electron chi connectivity index (χ0n) is 10.8. The smallest absolute Gasteiger partial charge is 0.228 e. The van der Waals surface area contributed by atoms with Gasteiger partial charge in [-0.15, -0.1) is 0 Å². The van der Waals surface area contributed by atoms with Crippen LogP contribution in [0.2, 0.25) is 0 Å². The molecule has 4 heteroatoms. The first-order valence-electron chi connectivity index (χ1n) is 6.53. The van der Waals surface area contributed by atoms with Crippen molar-refractivity contribution in [2.45, 2.75) is 38.8 Å². The fraction of sp³-hybridized carbons (Fsp3) is 0.500. The molecule has 1 aromatic carbocycles. The van der Waals surface area contributed by atoms with Crippen molar-refractivity contribution in [3.63, 3.8) is 0 Å². The number of carbonyl (C=O) groups excluding carboxylic acids is 1. The number of rotatable bonds is 6. The average molecular weight is 247 g/mol. The second kappa shape index (κ2) is 5.98. The van der Waals surface area contributed by atoms with E-state index >= 15 is 0 Å². The number of anilines is 1. The van der Waals surface area contributed by atoms with Crippen LogP contribution in [0, 0.1) is 0 Å². The summed E-state index contributed by atoms with van der Waals surface area (Å²) >= 11 is 0. The first-order valence-corrected chi connectivity index (χ1v) is 6.53. The van der Waals surface area contributed by atoms with E-state index in [1.807, 2.05) is 13.0 Å². The largest absolute Gasteiger partial charge is 0.328 e. The van der Waals surface area contributed by atoms with E-state index in [1.54, 1.807) is 0 Å². The highest BCUT2D eigenvalue weighted by Gasteiger charge is 2.16. The molecular weight excluding hydrogens is 226 g/mol. The fourth-order valence-electron chi connectivity index (χ4n) is 2.17. The summed E-state index contributed by atoms with van der Waals surface area (Å²) in [5.41, 5.74) is 8.99. The van der Waals surface area contributed by atoms with Gasteiger partial charge in [0.1, 0.15) is 0 Å². The van der Waals surface area contributed by atoms with Gasteiger partial charge in [0.25, 0.3) is 0 Å². The maximum Gasteiger partial charge on any atom is 0.228 e. The number of hydrogen-bond donors (Lipinski definition) is 3. The molecule has 4 N–H and O–H groups in total. The van der Waals surface area contributed by atoms with E-state index in [0.717, 1.165) is 37.2 Å². The van der Waals surface area contributed by atoms with Gasteiger partial charge in [-0.25, -0.2) is 0 Å². The molecule has 1 aliphatic rings. The summed E-state index contributed by atoms with van der Waals surface area (Å²) in [6, 6.07) is 6.43. The Labute approximate surface area is 108 Å². The molecular formula is C14H21N3O. The average Bonchev–Trinajstić information content (AvgIpc) is 2.67. The van der Waals surface area contributed by atoms with Crippen LogP contribution in [0.15, 0.2) is 18.2 Å². The van der Waals surface area contributed by atoms with E-state index in [2.05, 4.69) is 22.8 Å². The zero-order chi connectivity index (χ0) is 13.0. The lowest BCUT2D eigenvalue weighted by Crippen LogP contribution is -2.19. The molecule has 0 saturated carbocycles. The van der Waals surface area contributed by atoms with Gasteiger partial charge in [0, 0.05) is 18.3 Å². The third-order valence-corrected chi connectivity index (χ3v) is 3.14. The highest BCUT2D eigenvalue weighted by molar-refractivity contribution is 5.99. The minimum Gasteiger partial charge on any atom is -0.328 e. The lowest BCUT2D eigenvalue weighted by molar-refractivity contribution is -0.115. The Balaban J connectivity index is 1.77. The number of amides is 1. The van der Waals surface area contributed by atoms with E-state index < -0.39 is 0 Å². The molecule has 98 valence electrons. The van der Waals surface area contributed by atoms with Gasteiger partial charge in [-0.3, -0.25) is 4.79 Å². The van der Waals surface area contributed by atoms with Gasteiger partial charge in [0.2, 0.25) is 5.91 Å². The maximum atomic E-state index is 11.2. The van der Waals surface area contributed by atoms with Crippen LogP contribution in [0.4, 0.5) is 5.69 Å². The van der Waals surface area contributed by atoms with Gasteiger partial charge in [-0.05, 0) is 43.5 Å². The fourth-order valence-corrected chi connectivity index (χ4v) is 2.17. The predicted octanol–water partition coefficient (Wildman–Crippen LogP) is 1.40. The predicted molar refractivity (Wildman–Crippen MR) is 73.4 cm³/mol. The van der Waals surface area contributed by atoms with Gasteiger partial charge < -0.3 is 16.4 Å². The van der Waals surface area contributed by atoms with Crippen LogP contribution in [0.1, 0.15) is 30.9 Å². The zero-order valence-corrected chi connectivity index (χ0v) is 10.8. The molecule has 1 aromatic rings. The van der Waals surface area contributed by atoms with Gasteiger partial charge >= 0.3 is 0 Å². The second-order valence-corrected chi connectivity index (χ2v) is 5.01. The van der Waals surface area contributed by atoms with Crippen LogP contribution >= 0.6 is 0 Å². The summed E-state index contributed by atoms with van der Waals surface area (Å²) in [6.45, 7) is 3.86. The minimum absolute atomic E-state index is 0.0899. The van der Waals surface area contributed by atoms with Crippen molar-refractivity contribution in [2.24, 2.45) is 5.73 Å². The molecule has 0 bridgehead atoms. The minimum atomic E-state index is 0.0899. The van der Waals surface area contributed by atoms with Crippen molar-refractivity contribution < 1.29 is 4.79 Å². The normalized spacial score (nSPS) is 15.3. The number of nitrogens with two attached hydrogens (primary N) is 1. The highest BCUT2D eigenvalue weighted by Crippen LogP contribution is 2.23. The van der Waals surface area contributed by atoms with Crippen LogP contribution in [-0.2, 0) is 17.8 Å². The van der Waals surface area contributed by atoms with E-state index in [9.17, 15) is 4.79 Å². The van der Waals surface area contributed by atoms with E-state index in [-0.39, 0.29) is 11.9 Å². The Hall–Kier alpha value is -1.39. The topological polar surface area (TPSA) is 67.1 Å². The highest BCUT2D eigenvalue weighted by atomic mass is 16.1. The molecule has 0 spiro atoms. The van der Waals surface area contributed by atoms with Crippen molar-refractivity contribution in [3.05, 3.63) is 29.3 Å². The Morgan fingerprint density at radius 3 is 3.11 bits per heavy atom. The Morgan fingerprint density at radius 1 is 1.50 bits per heavy atom. The Kier molecular flexibility index (Phi) is 4.33. The molecule has 0 fully saturated rings. The van der Waals surface area contributed by atoms with E-state index in [4.69, 9.17) is 5.73 Å². The van der Waals surface area contributed by atoms with Crippen LogP contribution in [0.25, 0.3) is 0 Å². The molecule has 1 amide bonds. The van der Waals surface area contributed by atoms with Crippen molar-refractivity contribution in [1.82, 2.24) is 5.32 Å². The molecule has 0 aliphatic carbocycles. The van der Waals surface area contributed by atoms with Gasteiger partial charge in [0.05, 0.1) is 6.42 Å². The summed E-state index contributed by atoms with van der Waals surface area (Å²) in [5.74, 6) is 0.0899. The molecule has 18 heavy (non-hydrogen) atoms. The van der Waals surface area contributed by atoms with Crippen LogP contribution in [-0.4, -0.2) is 18.5 Å². The summed E-state index contributed by atoms with van der Waals surface area (Å²) in [7, 11) is 0. The molecule has 0 saturated heterocycles. The molecule has 1 aliphatic heterocycles. The maximum absolute atomic E-state index is 11.2. The molecule has 0 radical (unpaired) electrons. The Morgan fingerprint density at radius 2 is 2.33 bits per heavy atom. The number of benzene rings is 1. The van der Waals surface area contributed by atoms with Crippen LogP contribution < -0.4 is 16.4 Å². The van der Waals surface area contributed by atoms with Gasteiger partial charge in [-0.2, -0.15) is 0 Å². The molecule has 1 unspecified atom stereocenters. The molecule has 2 rings (SSSR count). The van der Waals surface area contributed by atoms with Gasteiger partial charge in [-0.1, -0.05) is 12.1 Å². The number of hydrogen-bond acceptors (Lipinski definition) is 3. The van der Waals surface area contributed by atoms with E-state index in [1.165, 1.54) is 5.56 Å².